The van der Waals surface area contributed by atoms with E-state index in [1.807, 2.05) is 0 Å². The van der Waals surface area contributed by atoms with Crippen LogP contribution in [0.3, 0.4) is 0 Å². The molecule has 4 rings (SSSR count). The largest absolute Gasteiger partial charge is 0.497 e. The molecule has 3 aromatic carbocycles. The number of methoxy groups -OCH3 is 1. The molecule has 0 aromatic heterocycles. The number of carbonyl (C=O) groups is 1. The van der Waals surface area contributed by atoms with Gasteiger partial charge in [0.15, 0.2) is 11.5 Å². The van der Waals surface area contributed by atoms with Crippen LogP contribution in [-0.2, 0) is 10.0 Å². The highest BCUT2D eigenvalue weighted by Crippen LogP contribution is 2.33. The van der Waals surface area contributed by atoms with Crippen molar-refractivity contribution < 1.29 is 27.4 Å². The summed E-state index contributed by atoms with van der Waals surface area (Å²) in [6, 6.07) is 17.4. The predicted octanol–water partition coefficient (Wildman–Crippen LogP) is 3.52. The number of nitrogens with one attached hydrogen (secondary N) is 2. The number of rotatable bonds is 6. The first kappa shape index (κ1) is 20.5. The predicted molar refractivity (Wildman–Crippen MR) is 116 cm³/mol. The van der Waals surface area contributed by atoms with Gasteiger partial charge in [-0.2, -0.15) is 0 Å². The van der Waals surface area contributed by atoms with Gasteiger partial charge in [-0.3, -0.25) is 9.52 Å². The zero-order chi connectivity index (χ0) is 21.8. The molecule has 0 spiro atoms. The molecule has 2 N–H and O–H groups in total. The summed E-state index contributed by atoms with van der Waals surface area (Å²) in [6.07, 6.45) is 0. The highest BCUT2D eigenvalue weighted by molar-refractivity contribution is 7.92. The quantitative estimate of drug-likeness (QED) is 0.608. The van der Waals surface area contributed by atoms with E-state index in [-0.39, 0.29) is 16.1 Å². The molecule has 0 saturated carbocycles. The van der Waals surface area contributed by atoms with Gasteiger partial charge in [0.2, 0.25) is 0 Å². The summed E-state index contributed by atoms with van der Waals surface area (Å²) in [7, 11) is -2.40. The van der Waals surface area contributed by atoms with Gasteiger partial charge in [-0.25, -0.2) is 8.42 Å². The van der Waals surface area contributed by atoms with Crippen molar-refractivity contribution in [2.45, 2.75) is 4.90 Å². The van der Waals surface area contributed by atoms with Crippen molar-refractivity contribution in [3.63, 3.8) is 0 Å². The first-order valence-electron chi connectivity index (χ1n) is 9.43. The summed E-state index contributed by atoms with van der Waals surface area (Å²) in [5, 5.41) is 2.76. The van der Waals surface area contributed by atoms with E-state index in [0.717, 1.165) is 0 Å². The second-order valence-electron chi connectivity index (χ2n) is 6.64. The van der Waals surface area contributed by atoms with E-state index in [1.165, 1.54) is 25.3 Å². The third kappa shape index (κ3) is 4.56. The molecule has 1 aliphatic heterocycles. The maximum atomic E-state index is 12.9. The number of para-hydroxylation sites is 1. The van der Waals surface area contributed by atoms with Crippen LogP contribution < -0.4 is 24.2 Å². The van der Waals surface area contributed by atoms with Crippen LogP contribution in [0.1, 0.15) is 10.4 Å². The minimum absolute atomic E-state index is 0.0512. The fraction of sp³-hybridized carbons (Fsp3) is 0.136. The molecule has 0 fully saturated rings. The van der Waals surface area contributed by atoms with Crippen molar-refractivity contribution in [2.24, 2.45) is 0 Å². The number of benzene rings is 3. The van der Waals surface area contributed by atoms with Gasteiger partial charge < -0.3 is 19.5 Å². The highest BCUT2D eigenvalue weighted by atomic mass is 32.2. The Bertz CT molecular complexity index is 1210. The van der Waals surface area contributed by atoms with E-state index in [4.69, 9.17) is 14.2 Å². The number of anilines is 2. The van der Waals surface area contributed by atoms with E-state index < -0.39 is 15.9 Å². The topological polar surface area (TPSA) is 103 Å². The van der Waals surface area contributed by atoms with E-state index in [2.05, 4.69) is 10.0 Å². The SMILES string of the molecule is COc1ccc(S(=O)(=O)Nc2ccccc2C(=O)Nc2ccc3c(c2)OCCO3)cc1. The van der Waals surface area contributed by atoms with Crippen molar-refractivity contribution in [2.75, 3.05) is 30.4 Å². The van der Waals surface area contributed by atoms with Crippen LogP contribution in [0.25, 0.3) is 0 Å². The zero-order valence-electron chi connectivity index (χ0n) is 16.6. The molecule has 9 heteroatoms. The summed E-state index contributed by atoms with van der Waals surface area (Å²) in [5.41, 5.74) is 0.838. The Hall–Kier alpha value is -3.72. The molecule has 1 amide bonds. The first-order valence-corrected chi connectivity index (χ1v) is 10.9. The molecular weight excluding hydrogens is 420 g/mol. The summed E-state index contributed by atoms with van der Waals surface area (Å²) in [4.78, 5) is 12.9. The number of ether oxygens (including phenoxy) is 3. The second kappa shape index (κ2) is 8.57. The lowest BCUT2D eigenvalue weighted by atomic mass is 10.1. The number of hydrogen-bond acceptors (Lipinski definition) is 6. The van der Waals surface area contributed by atoms with Gasteiger partial charge in [0, 0.05) is 11.8 Å². The number of fused-ring (bicyclic) bond motifs is 1. The maximum absolute atomic E-state index is 12.9. The first-order chi connectivity index (χ1) is 15.0. The molecule has 8 nitrogen and oxygen atoms in total. The standard InChI is InChI=1S/C22H20N2O6S/c1-28-16-7-9-17(10-8-16)31(26,27)24-19-5-3-2-4-18(19)22(25)23-15-6-11-20-21(14-15)30-13-12-29-20/h2-11,14,24H,12-13H2,1H3,(H,23,25). The third-order valence-corrected chi connectivity index (χ3v) is 5.97. The van der Waals surface area contributed by atoms with Crippen molar-refractivity contribution in [3.8, 4) is 17.2 Å². The minimum atomic E-state index is -3.90. The Balaban J connectivity index is 1.55. The van der Waals surface area contributed by atoms with Crippen LogP contribution in [0, 0.1) is 0 Å². The zero-order valence-corrected chi connectivity index (χ0v) is 17.4. The average molecular weight is 440 g/mol. The normalized spacial score (nSPS) is 12.7. The van der Waals surface area contributed by atoms with Gasteiger partial charge in [0.1, 0.15) is 19.0 Å². The maximum Gasteiger partial charge on any atom is 0.261 e. The Morgan fingerprint density at radius 2 is 1.65 bits per heavy atom. The fourth-order valence-electron chi connectivity index (χ4n) is 3.05. The highest BCUT2D eigenvalue weighted by Gasteiger charge is 2.19. The summed E-state index contributed by atoms with van der Waals surface area (Å²) in [5.74, 6) is 1.22. The molecule has 0 bridgehead atoms. The molecule has 3 aromatic rings. The molecule has 0 saturated heterocycles. The van der Waals surface area contributed by atoms with Gasteiger partial charge in [0.05, 0.1) is 23.3 Å². The number of sulfonamides is 1. The molecule has 1 aliphatic rings. The average Bonchev–Trinajstić information content (AvgIpc) is 2.79. The van der Waals surface area contributed by atoms with Gasteiger partial charge >= 0.3 is 0 Å². The van der Waals surface area contributed by atoms with E-state index in [9.17, 15) is 13.2 Å². The third-order valence-electron chi connectivity index (χ3n) is 4.59. The summed E-state index contributed by atoms with van der Waals surface area (Å²) in [6.45, 7) is 0.904. The van der Waals surface area contributed by atoms with Crippen LogP contribution in [0.15, 0.2) is 71.6 Å². The minimum Gasteiger partial charge on any atom is -0.497 e. The van der Waals surface area contributed by atoms with E-state index in [1.54, 1.807) is 48.5 Å². The summed E-state index contributed by atoms with van der Waals surface area (Å²) < 4.78 is 44.1. The number of amides is 1. The molecule has 160 valence electrons. The second-order valence-corrected chi connectivity index (χ2v) is 8.32. The van der Waals surface area contributed by atoms with Crippen LogP contribution in [0.2, 0.25) is 0 Å². The van der Waals surface area contributed by atoms with Crippen LogP contribution in [-0.4, -0.2) is 34.6 Å². The van der Waals surface area contributed by atoms with Crippen molar-refractivity contribution >= 4 is 27.3 Å². The Morgan fingerprint density at radius 1 is 0.935 bits per heavy atom. The smallest absolute Gasteiger partial charge is 0.261 e. The van der Waals surface area contributed by atoms with Gasteiger partial charge in [-0.1, -0.05) is 12.1 Å². The van der Waals surface area contributed by atoms with Crippen molar-refractivity contribution in [1.82, 2.24) is 0 Å². The molecule has 0 unspecified atom stereocenters. The molecule has 31 heavy (non-hydrogen) atoms. The molecule has 0 aliphatic carbocycles. The molecule has 1 heterocycles. The molecular formula is C22H20N2O6S. The van der Waals surface area contributed by atoms with E-state index >= 15 is 0 Å². The van der Waals surface area contributed by atoms with Crippen LogP contribution in [0.5, 0.6) is 17.2 Å². The lowest BCUT2D eigenvalue weighted by molar-refractivity contribution is 0.102. The van der Waals surface area contributed by atoms with Gasteiger partial charge in [-0.15, -0.1) is 0 Å². The molecule has 0 atom stereocenters. The van der Waals surface area contributed by atoms with Crippen molar-refractivity contribution in [3.05, 3.63) is 72.3 Å². The fourth-order valence-corrected chi connectivity index (χ4v) is 4.13. The number of carbonyl (C=O) groups excluding carboxylic acids is 1. The monoisotopic (exact) mass is 440 g/mol. The van der Waals surface area contributed by atoms with Gasteiger partial charge in [-0.05, 0) is 48.5 Å². The Morgan fingerprint density at radius 3 is 2.39 bits per heavy atom. The Labute approximate surface area is 179 Å². The Kier molecular flexibility index (Phi) is 5.68. The lowest BCUT2D eigenvalue weighted by Gasteiger charge is -2.19. The number of hydrogen-bond donors (Lipinski definition) is 2. The molecule has 0 radical (unpaired) electrons. The lowest BCUT2D eigenvalue weighted by Crippen LogP contribution is -2.19. The van der Waals surface area contributed by atoms with Crippen molar-refractivity contribution in [1.29, 1.82) is 0 Å². The summed E-state index contributed by atoms with van der Waals surface area (Å²) >= 11 is 0. The van der Waals surface area contributed by atoms with Crippen LogP contribution in [0.4, 0.5) is 11.4 Å². The van der Waals surface area contributed by atoms with Crippen LogP contribution >= 0.6 is 0 Å². The van der Waals surface area contributed by atoms with E-state index in [0.29, 0.717) is 36.1 Å². The van der Waals surface area contributed by atoms with Gasteiger partial charge in [0.25, 0.3) is 15.9 Å².